The van der Waals surface area contributed by atoms with E-state index in [2.05, 4.69) is 20.8 Å². The van der Waals surface area contributed by atoms with E-state index >= 15 is 0 Å². The average Bonchev–Trinajstić information content (AvgIpc) is 2.18. The summed E-state index contributed by atoms with van der Waals surface area (Å²) in [7, 11) is 0. The predicted molar refractivity (Wildman–Crippen MR) is 61.8 cm³/mol. The number of hydrogen-bond donors (Lipinski definition) is 1. The summed E-state index contributed by atoms with van der Waals surface area (Å²) in [6.45, 7) is 6.58. The highest BCUT2D eigenvalue weighted by Gasteiger charge is 2.41. The van der Waals surface area contributed by atoms with Crippen LogP contribution in [0.3, 0.4) is 0 Å². The van der Waals surface area contributed by atoms with Crippen molar-refractivity contribution in [2.45, 2.75) is 59.3 Å². The molecule has 0 spiro atoms. The molecule has 1 aliphatic rings. The first kappa shape index (κ1) is 12.5. The molecule has 0 heterocycles. The summed E-state index contributed by atoms with van der Waals surface area (Å²) in [5.74, 6) is 0.888. The van der Waals surface area contributed by atoms with Gasteiger partial charge in [0.25, 0.3) is 0 Å². The summed E-state index contributed by atoms with van der Waals surface area (Å²) in [6, 6.07) is 0. The third-order valence-corrected chi connectivity index (χ3v) is 4.11. The number of rotatable bonds is 4. The van der Waals surface area contributed by atoms with Crippen molar-refractivity contribution in [3.8, 4) is 0 Å². The molecule has 1 rings (SSSR count). The molecule has 0 unspecified atom stereocenters. The smallest absolute Gasteiger partial charge is 0.309 e. The second kappa shape index (κ2) is 5.00. The van der Waals surface area contributed by atoms with Crippen molar-refractivity contribution in [2.75, 3.05) is 0 Å². The highest BCUT2D eigenvalue weighted by Crippen LogP contribution is 2.44. The molecule has 15 heavy (non-hydrogen) atoms. The molecule has 0 aromatic heterocycles. The van der Waals surface area contributed by atoms with Crippen LogP contribution in [0.2, 0.25) is 0 Å². The second-order valence-corrected chi connectivity index (χ2v) is 5.42. The van der Waals surface area contributed by atoms with Crippen molar-refractivity contribution in [1.29, 1.82) is 0 Å². The third-order valence-electron chi connectivity index (χ3n) is 4.11. The second-order valence-electron chi connectivity index (χ2n) is 5.42. The normalized spacial score (nSPS) is 31.9. The minimum atomic E-state index is -0.563. The van der Waals surface area contributed by atoms with Crippen LogP contribution in [0.5, 0.6) is 0 Å². The molecule has 0 atom stereocenters. The zero-order chi connectivity index (χ0) is 11.5. The number of hydrogen-bond acceptors (Lipinski definition) is 1. The minimum Gasteiger partial charge on any atom is -0.481 e. The zero-order valence-electron chi connectivity index (χ0n) is 10.3. The lowest BCUT2D eigenvalue weighted by Gasteiger charge is -2.38. The van der Waals surface area contributed by atoms with E-state index in [1.165, 1.54) is 0 Å². The molecule has 0 bridgehead atoms. The Balaban J connectivity index is 2.61. The molecule has 0 saturated heterocycles. The molecule has 2 nitrogen and oxygen atoms in total. The van der Waals surface area contributed by atoms with Crippen molar-refractivity contribution in [1.82, 2.24) is 0 Å². The van der Waals surface area contributed by atoms with Gasteiger partial charge in [-0.3, -0.25) is 4.79 Å². The first-order valence-electron chi connectivity index (χ1n) is 6.25. The highest BCUT2D eigenvalue weighted by molar-refractivity contribution is 5.74. The zero-order valence-corrected chi connectivity index (χ0v) is 10.3. The molecule has 1 N–H and O–H groups in total. The largest absolute Gasteiger partial charge is 0.481 e. The Hall–Kier alpha value is -0.530. The number of aliphatic carboxylic acids is 1. The SMILES string of the molecule is CCCC1(C(=O)O)CCC(C(C)C)CC1. The molecular weight excluding hydrogens is 188 g/mol. The van der Waals surface area contributed by atoms with Crippen LogP contribution in [0, 0.1) is 17.3 Å². The maximum atomic E-state index is 11.3. The van der Waals surface area contributed by atoms with Gasteiger partial charge in [0.2, 0.25) is 0 Å². The van der Waals surface area contributed by atoms with Crippen molar-refractivity contribution in [2.24, 2.45) is 17.3 Å². The van der Waals surface area contributed by atoms with Gasteiger partial charge >= 0.3 is 5.97 Å². The van der Waals surface area contributed by atoms with Gasteiger partial charge in [0.05, 0.1) is 5.41 Å². The fourth-order valence-electron chi connectivity index (χ4n) is 2.91. The van der Waals surface area contributed by atoms with Gasteiger partial charge in [-0.25, -0.2) is 0 Å². The lowest BCUT2D eigenvalue weighted by atomic mass is 9.66. The van der Waals surface area contributed by atoms with E-state index in [-0.39, 0.29) is 5.41 Å². The van der Waals surface area contributed by atoms with Crippen LogP contribution in [0.4, 0.5) is 0 Å². The number of carboxylic acid groups (broad SMARTS) is 1. The summed E-state index contributed by atoms with van der Waals surface area (Å²) in [4.78, 5) is 11.3. The molecule has 1 saturated carbocycles. The van der Waals surface area contributed by atoms with Crippen LogP contribution in [-0.2, 0) is 4.79 Å². The first-order chi connectivity index (χ1) is 7.02. The Kier molecular flexibility index (Phi) is 4.18. The van der Waals surface area contributed by atoms with E-state index in [4.69, 9.17) is 0 Å². The quantitative estimate of drug-likeness (QED) is 0.771. The van der Waals surface area contributed by atoms with E-state index in [0.717, 1.165) is 44.4 Å². The van der Waals surface area contributed by atoms with Gasteiger partial charge in [-0.05, 0) is 43.9 Å². The lowest BCUT2D eigenvalue weighted by Crippen LogP contribution is -2.36. The molecular formula is C13H24O2. The van der Waals surface area contributed by atoms with Gasteiger partial charge < -0.3 is 5.11 Å². The van der Waals surface area contributed by atoms with Crippen LogP contribution in [0.25, 0.3) is 0 Å². The molecule has 0 aliphatic heterocycles. The van der Waals surface area contributed by atoms with Crippen molar-refractivity contribution >= 4 is 5.97 Å². The van der Waals surface area contributed by atoms with E-state index in [1.54, 1.807) is 0 Å². The van der Waals surface area contributed by atoms with Crippen molar-refractivity contribution in [3.05, 3.63) is 0 Å². The molecule has 1 fully saturated rings. The Labute approximate surface area is 93.1 Å². The van der Waals surface area contributed by atoms with Gasteiger partial charge in [0.1, 0.15) is 0 Å². The highest BCUT2D eigenvalue weighted by atomic mass is 16.4. The monoisotopic (exact) mass is 212 g/mol. The average molecular weight is 212 g/mol. The van der Waals surface area contributed by atoms with Gasteiger partial charge in [0, 0.05) is 0 Å². The Bertz CT molecular complexity index is 213. The Morgan fingerprint density at radius 3 is 2.27 bits per heavy atom. The van der Waals surface area contributed by atoms with E-state index < -0.39 is 5.97 Å². The summed E-state index contributed by atoms with van der Waals surface area (Å²) in [5.41, 5.74) is -0.389. The summed E-state index contributed by atoms with van der Waals surface area (Å²) < 4.78 is 0. The number of carbonyl (C=O) groups is 1. The van der Waals surface area contributed by atoms with E-state index in [1.807, 2.05) is 0 Å². The van der Waals surface area contributed by atoms with Gasteiger partial charge in [-0.2, -0.15) is 0 Å². The summed E-state index contributed by atoms with van der Waals surface area (Å²) in [6.07, 6.45) is 5.82. The fourth-order valence-corrected chi connectivity index (χ4v) is 2.91. The number of carboxylic acids is 1. The summed E-state index contributed by atoms with van der Waals surface area (Å²) >= 11 is 0. The topological polar surface area (TPSA) is 37.3 Å². The van der Waals surface area contributed by atoms with Crippen LogP contribution in [0.1, 0.15) is 59.3 Å². The van der Waals surface area contributed by atoms with Crippen LogP contribution in [-0.4, -0.2) is 11.1 Å². The standard InChI is InChI=1S/C13H24O2/c1-4-7-13(12(14)15)8-5-11(6-9-13)10(2)3/h10-11H,4-9H2,1-3H3,(H,14,15). The van der Waals surface area contributed by atoms with E-state index in [0.29, 0.717) is 5.92 Å². The maximum absolute atomic E-state index is 11.3. The van der Waals surface area contributed by atoms with Gasteiger partial charge in [-0.1, -0.05) is 27.2 Å². The molecule has 0 amide bonds. The molecule has 2 heteroatoms. The minimum absolute atomic E-state index is 0.389. The Morgan fingerprint density at radius 2 is 1.93 bits per heavy atom. The fraction of sp³-hybridized carbons (Fsp3) is 0.923. The van der Waals surface area contributed by atoms with Gasteiger partial charge in [0.15, 0.2) is 0 Å². The maximum Gasteiger partial charge on any atom is 0.309 e. The van der Waals surface area contributed by atoms with Crippen LogP contribution in [0.15, 0.2) is 0 Å². The predicted octanol–water partition coefficient (Wildman–Crippen LogP) is 3.70. The van der Waals surface area contributed by atoms with Crippen molar-refractivity contribution < 1.29 is 9.90 Å². The molecule has 88 valence electrons. The lowest BCUT2D eigenvalue weighted by molar-refractivity contribution is -0.152. The summed E-state index contributed by atoms with van der Waals surface area (Å²) in [5, 5.41) is 9.34. The third kappa shape index (κ3) is 2.73. The molecule has 1 aliphatic carbocycles. The van der Waals surface area contributed by atoms with Gasteiger partial charge in [-0.15, -0.1) is 0 Å². The van der Waals surface area contributed by atoms with Crippen LogP contribution < -0.4 is 0 Å². The van der Waals surface area contributed by atoms with Crippen molar-refractivity contribution in [3.63, 3.8) is 0 Å². The van der Waals surface area contributed by atoms with E-state index in [9.17, 15) is 9.90 Å². The first-order valence-corrected chi connectivity index (χ1v) is 6.25. The molecule has 0 radical (unpaired) electrons. The Morgan fingerprint density at radius 1 is 1.40 bits per heavy atom. The van der Waals surface area contributed by atoms with Crippen LogP contribution >= 0.6 is 0 Å². The molecule has 0 aromatic carbocycles. The molecule has 0 aromatic rings.